The molecule has 4 rings (SSSR count). The summed E-state index contributed by atoms with van der Waals surface area (Å²) in [5.74, 6) is 0.0555. The number of H-pyrrole nitrogens is 1. The second kappa shape index (κ2) is 8.01. The number of anilines is 1. The number of para-hydroxylation sites is 2. The molecule has 1 aromatic heterocycles. The van der Waals surface area contributed by atoms with Crippen LogP contribution in [0, 0.1) is 6.92 Å². The lowest BCUT2D eigenvalue weighted by atomic mass is 9.91. The maximum atomic E-state index is 12.5. The van der Waals surface area contributed by atoms with Crippen LogP contribution in [0.5, 0.6) is 0 Å². The predicted octanol–water partition coefficient (Wildman–Crippen LogP) is 5.43. The number of rotatable bonds is 5. The van der Waals surface area contributed by atoms with Gasteiger partial charge in [0, 0.05) is 35.2 Å². The van der Waals surface area contributed by atoms with E-state index in [9.17, 15) is 4.79 Å². The first-order chi connectivity index (χ1) is 13.7. The monoisotopic (exact) mass is 369 g/mol. The second-order valence-corrected chi connectivity index (χ2v) is 6.90. The van der Waals surface area contributed by atoms with Crippen molar-refractivity contribution in [1.29, 1.82) is 0 Å². The van der Waals surface area contributed by atoms with Crippen LogP contribution in [0.3, 0.4) is 0 Å². The van der Waals surface area contributed by atoms with Crippen molar-refractivity contribution in [2.75, 3.05) is 11.9 Å². The van der Waals surface area contributed by atoms with Gasteiger partial charge in [-0.3, -0.25) is 0 Å². The zero-order valence-corrected chi connectivity index (χ0v) is 15.8. The van der Waals surface area contributed by atoms with Crippen LogP contribution < -0.4 is 10.6 Å². The molecule has 0 saturated heterocycles. The molecule has 1 heterocycles. The van der Waals surface area contributed by atoms with Crippen LogP contribution in [0.2, 0.25) is 0 Å². The largest absolute Gasteiger partial charge is 0.361 e. The Kier molecular flexibility index (Phi) is 5.11. The zero-order valence-electron chi connectivity index (χ0n) is 15.8. The fourth-order valence-electron chi connectivity index (χ4n) is 3.55. The number of benzene rings is 3. The van der Waals surface area contributed by atoms with Crippen molar-refractivity contribution in [2.45, 2.75) is 12.8 Å². The predicted molar refractivity (Wildman–Crippen MR) is 115 cm³/mol. The molecule has 3 aromatic carbocycles. The molecule has 0 fully saturated rings. The Hall–Kier alpha value is -3.53. The molecule has 0 aliphatic carbocycles. The number of hydrogen-bond acceptors (Lipinski definition) is 1. The standard InChI is InChI=1S/C24H23N3O/c1-17-9-5-7-13-22(17)27-24(28)26-15-20(18-10-3-2-4-11-18)21-16-25-23-14-8-6-12-19(21)23/h2-14,16,20,25H,15H2,1H3,(H2,26,27,28)/t20-/m0/s1. The highest BCUT2D eigenvalue weighted by atomic mass is 16.2. The van der Waals surface area contributed by atoms with Crippen molar-refractivity contribution in [3.05, 3.63) is 102 Å². The number of nitrogens with one attached hydrogen (secondary N) is 3. The molecule has 1 atom stereocenters. The van der Waals surface area contributed by atoms with Crippen LogP contribution in [0.1, 0.15) is 22.6 Å². The van der Waals surface area contributed by atoms with E-state index in [0.29, 0.717) is 6.54 Å². The molecular formula is C24H23N3O. The summed E-state index contributed by atoms with van der Waals surface area (Å²) in [5, 5.41) is 7.17. The summed E-state index contributed by atoms with van der Waals surface area (Å²) >= 11 is 0. The van der Waals surface area contributed by atoms with Crippen LogP contribution in [0.15, 0.2) is 85.1 Å². The average molecular weight is 369 g/mol. The summed E-state index contributed by atoms with van der Waals surface area (Å²) in [6, 6.07) is 26.1. The van der Waals surface area contributed by atoms with Gasteiger partial charge in [-0.05, 0) is 35.7 Å². The number of aromatic amines is 1. The van der Waals surface area contributed by atoms with Gasteiger partial charge in [-0.15, -0.1) is 0 Å². The van der Waals surface area contributed by atoms with Crippen molar-refractivity contribution in [3.8, 4) is 0 Å². The third-order valence-corrected chi connectivity index (χ3v) is 5.06. The van der Waals surface area contributed by atoms with Gasteiger partial charge in [0.25, 0.3) is 0 Å². The van der Waals surface area contributed by atoms with Crippen molar-refractivity contribution in [1.82, 2.24) is 10.3 Å². The molecule has 140 valence electrons. The van der Waals surface area contributed by atoms with E-state index in [1.54, 1.807) is 0 Å². The first-order valence-corrected chi connectivity index (χ1v) is 9.44. The molecule has 3 N–H and O–H groups in total. The number of amides is 2. The molecule has 0 unspecified atom stereocenters. The highest BCUT2D eigenvalue weighted by Crippen LogP contribution is 2.30. The van der Waals surface area contributed by atoms with E-state index in [-0.39, 0.29) is 11.9 Å². The quantitative estimate of drug-likeness (QED) is 0.432. The maximum Gasteiger partial charge on any atom is 0.319 e. The molecule has 28 heavy (non-hydrogen) atoms. The number of urea groups is 1. The first kappa shape index (κ1) is 17.9. The lowest BCUT2D eigenvalue weighted by Crippen LogP contribution is -2.32. The number of aromatic nitrogens is 1. The van der Waals surface area contributed by atoms with E-state index in [0.717, 1.165) is 16.8 Å². The minimum atomic E-state index is -0.199. The summed E-state index contributed by atoms with van der Waals surface area (Å²) in [6.07, 6.45) is 2.04. The Bertz CT molecular complexity index is 1090. The topological polar surface area (TPSA) is 56.9 Å². The summed E-state index contributed by atoms with van der Waals surface area (Å²) in [6.45, 7) is 2.48. The van der Waals surface area contributed by atoms with Crippen LogP contribution in [0.4, 0.5) is 10.5 Å². The van der Waals surface area contributed by atoms with E-state index < -0.39 is 0 Å². The molecule has 4 heteroatoms. The van der Waals surface area contributed by atoms with Gasteiger partial charge in [-0.2, -0.15) is 0 Å². The first-order valence-electron chi connectivity index (χ1n) is 9.44. The SMILES string of the molecule is Cc1ccccc1NC(=O)NC[C@@H](c1ccccc1)c1c[nH]c2ccccc12. The van der Waals surface area contributed by atoms with Gasteiger partial charge in [0.2, 0.25) is 0 Å². The van der Waals surface area contributed by atoms with Gasteiger partial charge >= 0.3 is 6.03 Å². The Labute approximate surface area is 164 Å². The Balaban J connectivity index is 1.57. The molecule has 0 aliphatic heterocycles. The van der Waals surface area contributed by atoms with Gasteiger partial charge in [0.1, 0.15) is 0 Å². The van der Waals surface area contributed by atoms with Crippen molar-refractivity contribution in [3.63, 3.8) is 0 Å². The highest BCUT2D eigenvalue weighted by molar-refractivity contribution is 5.90. The molecular weight excluding hydrogens is 346 g/mol. The summed E-state index contributed by atoms with van der Waals surface area (Å²) in [7, 11) is 0. The normalized spacial score (nSPS) is 11.9. The summed E-state index contributed by atoms with van der Waals surface area (Å²) in [4.78, 5) is 15.8. The summed E-state index contributed by atoms with van der Waals surface area (Å²) in [5.41, 5.74) is 5.31. The summed E-state index contributed by atoms with van der Waals surface area (Å²) < 4.78 is 0. The highest BCUT2D eigenvalue weighted by Gasteiger charge is 2.19. The van der Waals surface area contributed by atoms with Crippen molar-refractivity contribution < 1.29 is 4.79 Å². The van der Waals surface area contributed by atoms with Crippen LogP contribution in [-0.2, 0) is 0 Å². The molecule has 0 saturated carbocycles. The smallest absolute Gasteiger partial charge is 0.319 e. The molecule has 2 amide bonds. The third kappa shape index (κ3) is 3.76. The Morgan fingerprint density at radius 3 is 2.46 bits per heavy atom. The van der Waals surface area contributed by atoms with E-state index in [1.807, 2.05) is 67.7 Å². The minimum absolute atomic E-state index is 0.0555. The maximum absolute atomic E-state index is 12.5. The van der Waals surface area contributed by atoms with Gasteiger partial charge in [0.05, 0.1) is 0 Å². The van der Waals surface area contributed by atoms with Crippen LogP contribution in [0.25, 0.3) is 10.9 Å². The van der Waals surface area contributed by atoms with E-state index in [4.69, 9.17) is 0 Å². The number of fused-ring (bicyclic) bond motifs is 1. The second-order valence-electron chi connectivity index (χ2n) is 6.90. The number of carbonyl (C=O) groups is 1. The minimum Gasteiger partial charge on any atom is -0.361 e. The van der Waals surface area contributed by atoms with E-state index in [1.165, 1.54) is 16.5 Å². The average Bonchev–Trinajstić information content (AvgIpc) is 3.15. The van der Waals surface area contributed by atoms with Crippen molar-refractivity contribution >= 4 is 22.6 Å². The van der Waals surface area contributed by atoms with E-state index in [2.05, 4.69) is 39.9 Å². The lowest BCUT2D eigenvalue weighted by molar-refractivity contribution is 0.252. The fourth-order valence-corrected chi connectivity index (χ4v) is 3.55. The van der Waals surface area contributed by atoms with Crippen LogP contribution >= 0.6 is 0 Å². The zero-order chi connectivity index (χ0) is 19.3. The molecule has 0 aliphatic rings. The van der Waals surface area contributed by atoms with Gasteiger partial charge in [0.15, 0.2) is 0 Å². The Morgan fingerprint density at radius 1 is 0.929 bits per heavy atom. The molecule has 0 spiro atoms. The van der Waals surface area contributed by atoms with Gasteiger partial charge < -0.3 is 15.6 Å². The van der Waals surface area contributed by atoms with Crippen LogP contribution in [-0.4, -0.2) is 17.6 Å². The van der Waals surface area contributed by atoms with E-state index >= 15 is 0 Å². The van der Waals surface area contributed by atoms with Gasteiger partial charge in [-0.25, -0.2) is 4.79 Å². The number of carbonyl (C=O) groups excluding carboxylic acids is 1. The number of hydrogen-bond donors (Lipinski definition) is 3. The van der Waals surface area contributed by atoms with Crippen molar-refractivity contribution in [2.24, 2.45) is 0 Å². The van der Waals surface area contributed by atoms with Gasteiger partial charge in [-0.1, -0.05) is 66.7 Å². The Morgan fingerprint density at radius 2 is 1.64 bits per heavy atom. The fraction of sp³-hybridized carbons (Fsp3) is 0.125. The molecule has 4 aromatic rings. The number of aryl methyl sites for hydroxylation is 1. The molecule has 0 radical (unpaired) electrons. The lowest BCUT2D eigenvalue weighted by Gasteiger charge is -2.19. The molecule has 0 bridgehead atoms. The molecule has 4 nitrogen and oxygen atoms in total. The third-order valence-electron chi connectivity index (χ3n) is 5.06.